The maximum atomic E-state index is 12.7. The van der Waals surface area contributed by atoms with Crippen molar-refractivity contribution in [3.05, 3.63) is 59.7 Å². The zero-order valence-corrected chi connectivity index (χ0v) is 17.5. The molecule has 1 aliphatic heterocycles. The minimum atomic E-state index is -0.804. The fraction of sp³-hybridized carbons (Fsp3) is 0.417. The monoisotopic (exact) mass is 408 g/mol. The fourth-order valence-electron chi connectivity index (χ4n) is 4.40. The second-order valence-electron chi connectivity index (χ2n) is 8.76. The minimum Gasteiger partial charge on any atom is -0.481 e. The molecule has 6 heteroatoms. The molecule has 0 radical (unpaired) electrons. The molecule has 1 aliphatic carbocycles. The number of aliphatic carboxylic acids is 1. The highest BCUT2D eigenvalue weighted by atomic mass is 16.6. The van der Waals surface area contributed by atoms with Crippen molar-refractivity contribution < 1.29 is 19.4 Å². The summed E-state index contributed by atoms with van der Waals surface area (Å²) in [5, 5.41) is 9.31. The van der Waals surface area contributed by atoms with Crippen LogP contribution in [0.1, 0.15) is 30.9 Å². The number of ether oxygens (including phenoxy) is 1. The second kappa shape index (κ2) is 8.11. The molecule has 158 valence electrons. The van der Waals surface area contributed by atoms with Gasteiger partial charge in [-0.15, -0.1) is 0 Å². The van der Waals surface area contributed by atoms with Crippen LogP contribution in [0.2, 0.25) is 0 Å². The van der Waals surface area contributed by atoms with Gasteiger partial charge in [-0.3, -0.25) is 9.69 Å². The van der Waals surface area contributed by atoms with Crippen LogP contribution in [-0.2, 0) is 9.53 Å². The highest BCUT2D eigenvalue weighted by Gasteiger charge is 2.33. The first-order chi connectivity index (χ1) is 14.4. The molecule has 2 aromatic rings. The molecular formula is C24H28N2O4. The summed E-state index contributed by atoms with van der Waals surface area (Å²) in [4.78, 5) is 27.8. The molecule has 0 unspecified atom stereocenters. The van der Waals surface area contributed by atoms with Gasteiger partial charge in [-0.2, -0.15) is 0 Å². The number of carboxylic acids is 1. The van der Waals surface area contributed by atoms with Crippen LogP contribution >= 0.6 is 0 Å². The molecule has 0 spiro atoms. The number of carbonyl (C=O) groups is 2. The van der Waals surface area contributed by atoms with Gasteiger partial charge >= 0.3 is 12.1 Å². The van der Waals surface area contributed by atoms with Gasteiger partial charge in [0.05, 0.1) is 5.41 Å². The smallest absolute Gasteiger partial charge is 0.409 e. The van der Waals surface area contributed by atoms with Crippen molar-refractivity contribution in [2.45, 2.75) is 19.8 Å². The van der Waals surface area contributed by atoms with E-state index in [0.29, 0.717) is 39.3 Å². The first-order valence-electron chi connectivity index (χ1n) is 10.4. The summed E-state index contributed by atoms with van der Waals surface area (Å²) in [6.45, 7) is 6.65. The van der Waals surface area contributed by atoms with Gasteiger partial charge in [0.1, 0.15) is 6.61 Å². The predicted octanol–water partition coefficient (Wildman–Crippen LogP) is 3.66. The Morgan fingerprint density at radius 1 is 0.967 bits per heavy atom. The van der Waals surface area contributed by atoms with Crippen molar-refractivity contribution in [1.82, 2.24) is 9.80 Å². The van der Waals surface area contributed by atoms with Gasteiger partial charge in [-0.25, -0.2) is 4.79 Å². The van der Waals surface area contributed by atoms with Crippen LogP contribution in [0.15, 0.2) is 48.5 Å². The van der Waals surface area contributed by atoms with Gasteiger partial charge in [-0.05, 0) is 36.1 Å². The minimum absolute atomic E-state index is 0.0546. The second-order valence-corrected chi connectivity index (χ2v) is 8.76. The van der Waals surface area contributed by atoms with Gasteiger partial charge in [0.2, 0.25) is 0 Å². The molecule has 0 bridgehead atoms. The van der Waals surface area contributed by atoms with E-state index in [1.54, 1.807) is 18.7 Å². The SMILES string of the molecule is CC(C)(CN1CCN(C(=O)OCC2c3ccccc3-c3ccccc32)CC1)C(=O)O. The Morgan fingerprint density at radius 2 is 1.50 bits per heavy atom. The van der Waals surface area contributed by atoms with Gasteiger partial charge in [0.15, 0.2) is 0 Å². The van der Waals surface area contributed by atoms with Crippen LogP contribution in [0.25, 0.3) is 11.1 Å². The average molecular weight is 408 g/mol. The van der Waals surface area contributed by atoms with Crippen LogP contribution in [-0.4, -0.2) is 66.3 Å². The summed E-state index contributed by atoms with van der Waals surface area (Å²) in [5.74, 6) is -0.750. The first kappa shape index (κ1) is 20.4. The maximum absolute atomic E-state index is 12.7. The summed E-state index contributed by atoms with van der Waals surface area (Å²) in [7, 11) is 0. The Bertz CT molecular complexity index is 902. The third-order valence-electron chi connectivity index (χ3n) is 6.16. The number of carbonyl (C=O) groups excluding carboxylic acids is 1. The van der Waals surface area contributed by atoms with E-state index in [1.165, 1.54) is 22.3 Å². The molecule has 2 aliphatic rings. The summed E-state index contributed by atoms with van der Waals surface area (Å²) in [5.41, 5.74) is 4.03. The molecule has 0 aromatic heterocycles. The highest BCUT2D eigenvalue weighted by Crippen LogP contribution is 2.44. The Hall–Kier alpha value is -2.86. The van der Waals surface area contributed by atoms with Crippen molar-refractivity contribution in [2.75, 3.05) is 39.3 Å². The lowest BCUT2D eigenvalue weighted by molar-refractivity contribution is -0.148. The predicted molar refractivity (Wildman–Crippen MR) is 114 cm³/mol. The van der Waals surface area contributed by atoms with E-state index in [4.69, 9.17) is 4.74 Å². The van der Waals surface area contributed by atoms with Gasteiger partial charge in [0.25, 0.3) is 0 Å². The molecule has 1 amide bonds. The average Bonchev–Trinajstić information content (AvgIpc) is 3.06. The molecule has 0 saturated carbocycles. The Balaban J connectivity index is 1.35. The number of fused-ring (bicyclic) bond motifs is 3. The standard InChI is InChI=1S/C24H28N2O4/c1-24(2,22(27)28)16-25-11-13-26(14-12-25)23(29)30-15-21-19-9-5-3-7-17(19)18-8-4-6-10-20(18)21/h3-10,21H,11-16H2,1-2H3,(H,27,28). The van der Waals surface area contributed by atoms with E-state index in [2.05, 4.69) is 29.2 Å². The largest absolute Gasteiger partial charge is 0.481 e. The van der Waals surface area contributed by atoms with Gasteiger partial charge in [-0.1, -0.05) is 48.5 Å². The topological polar surface area (TPSA) is 70.1 Å². The molecule has 6 nitrogen and oxygen atoms in total. The number of rotatable bonds is 5. The fourth-order valence-corrected chi connectivity index (χ4v) is 4.40. The van der Waals surface area contributed by atoms with Crippen molar-refractivity contribution in [1.29, 1.82) is 0 Å². The van der Waals surface area contributed by atoms with Crippen LogP contribution in [0.3, 0.4) is 0 Å². The van der Waals surface area contributed by atoms with Gasteiger partial charge < -0.3 is 14.7 Å². The Morgan fingerprint density at radius 3 is 2.03 bits per heavy atom. The number of hydrogen-bond donors (Lipinski definition) is 1. The number of nitrogens with zero attached hydrogens (tertiary/aromatic N) is 2. The molecule has 30 heavy (non-hydrogen) atoms. The number of amides is 1. The quantitative estimate of drug-likeness (QED) is 0.818. The summed E-state index contributed by atoms with van der Waals surface area (Å²) in [6, 6.07) is 16.6. The van der Waals surface area contributed by atoms with E-state index < -0.39 is 11.4 Å². The zero-order valence-electron chi connectivity index (χ0n) is 17.5. The Kier molecular flexibility index (Phi) is 5.52. The van der Waals surface area contributed by atoms with Crippen LogP contribution in [0.5, 0.6) is 0 Å². The lowest BCUT2D eigenvalue weighted by Crippen LogP contribution is -2.52. The van der Waals surface area contributed by atoms with E-state index in [0.717, 1.165) is 0 Å². The normalized spacial score (nSPS) is 16.8. The van der Waals surface area contributed by atoms with Crippen molar-refractivity contribution in [3.63, 3.8) is 0 Å². The number of hydrogen-bond acceptors (Lipinski definition) is 4. The summed E-state index contributed by atoms with van der Waals surface area (Å²) < 4.78 is 5.73. The molecule has 1 N–H and O–H groups in total. The molecular weight excluding hydrogens is 380 g/mol. The number of piperazine rings is 1. The highest BCUT2D eigenvalue weighted by molar-refractivity contribution is 5.79. The molecule has 1 saturated heterocycles. The third kappa shape index (κ3) is 3.92. The summed E-state index contributed by atoms with van der Waals surface area (Å²) >= 11 is 0. The van der Waals surface area contributed by atoms with E-state index in [9.17, 15) is 14.7 Å². The number of carboxylic acid groups (broad SMARTS) is 1. The van der Waals surface area contributed by atoms with Crippen molar-refractivity contribution in [3.8, 4) is 11.1 Å². The lowest BCUT2D eigenvalue weighted by Gasteiger charge is -2.37. The van der Waals surface area contributed by atoms with E-state index in [-0.39, 0.29) is 12.0 Å². The summed E-state index contributed by atoms with van der Waals surface area (Å²) in [6.07, 6.45) is -0.297. The first-order valence-corrected chi connectivity index (χ1v) is 10.4. The van der Waals surface area contributed by atoms with Crippen molar-refractivity contribution >= 4 is 12.1 Å². The zero-order chi connectivity index (χ0) is 21.3. The molecule has 1 fully saturated rings. The van der Waals surface area contributed by atoms with Gasteiger partial charge in [0, 0.05) is 38.6 Å². The number of benzene rings is 2. The molecule has 2 aromatic carbocycles. The van der Waals surface area contributed by atoms with E-state index in [1.807, 2.05) is 24.3 Å². The van der Waals surface area contributed by atoms with Crippen LogP contribution < -0.4 is 0 Å². The van der Waals surface area contributed by atoms with Crippen LogP contribution in [0.4, 0.5) is 4.79 Å². The van der Waals surface area contributed by atoms with Crippen molar-refractivity contribution in [2.24, 2.45) is 5.41 Å². The molecule has 4 rings (SSSR count). The third-order valence-corrected chi connectivity index (χ3v) is 6.16. The van der Waals surface area contributed by atoms with E-state index >= 15 is 0 Å². The molecule has 0 atom stereocenters. The molecule has 1 heterocycles. The maximum Gasteiger partial charge on any atom is 0.409 e. The lowest BCUT2D eigenvalue weighted by atomic mass is 9.93. The van der Waals surface area contributed by atoms with Crippen LogP contribution in [0, 0.1) is 5.41 Å². The Labute approximate surface area is 177 Å².